The zero-order chi connectivity index (χ0) is 25.9. The van der Waals surface area contributed by atoms with Crippen molar-refractivity contribution in [2.45, 2.75) is 12.4 Å². The summed E-state index contributed by atoms with van der Waals surface area (Å²) in [5.74, 6) is 0. The second-order valence-electron chi connectivity index (χ2n) is 7.90. The monoisotopic (exact) mass is 494 g/mol. The predicted octanol–water partition coefficient (Wildman–Crippen LogP) is 8.52. The number of rotatable bonds is 4. The molecule has 36 heavy (non-hydrogen) atoms. The molecule has 3 aromatic carbocycles. The summed E-state index contributed by atoms with van der Waals surface area (Å²) in [6, 6.07) is 20.5. The van der Waals surface area contributed by atoms with Gasteiger partial charge in [0.1, 0.15) is 0 Å². The maximum Gasteiger partial charge on any atom is 0.416 e. The van der Waals surface area contributed by atoms with Gasteiger partial charge in [0, 0.05) is 12.4 Å². The molecule has 0 aliphatic rings. The van der Waals surface area contributed by atoms with E-state index < -0.39 is 23.5 Å². The van der Waals surface area contributed by atoms with Gasteiger partial charge in [0.2, 0.25) is 0 Å². The summed E-state index contributed by atoms with van der Waals surface area (Å²) >= 11 is 0. The summed E-state index contributed by atoms with van der Waals surface area (Å²) in [7, 11) is 0. The molecular weight excluding hydrogens is 478 g/mol. The molecule has 0 saturated heterocycles. The van der Waals surface area contributed by atoms with Gasteiger partial charge in [-0.25, -0.2) is 0 Å². The van der Waals surface area contributed by atoms with Crippen molar-refractivity contribution in [1.82, 2.24) is 4.98 Å². The number of nitriles is 1. The Morgan fingerprint density at radius 3 is 1.61 bits per heavy atom. The van der Waals surface area contributed by atoms with E-state index in [2.05, 4.69) is 11.1 Å². The predicted molar refractivity (Wildman–Crippen MR) is 125 cm³/mol. The van der Waals surface area contributed by atoms with E-state index in [9.17, 15) is 31.6 Å². The molecule has 0 N–H and O–H groups in total. The zero-order valence-corrected chi connectivity index (χ0v) is 18.4. The largest absolute Gasteiger partial charge is 0.416 e. The fraction of sp³-hybridized carbons (Fsp3) is 0.0714. The molecule has 4 rings (SSSR count). The number of benzene rings is 3. The van der Waals surface area contributed by atoms with Crippen LogP contribution in [0.5, 0.6) is 0 Å². The highest BCUT2D eigenvalue weighted by Gasteiger charge is 2.37. The van der Waals surface area contributed by atoms with Crippen LogP contribution in [0.15, 0.2) is 91.3 Å². The third-order valence-electron chi connectivity index (χ3n) is 5.47. The second kappa shape index (κ2) is 9.70. The number of hydrogen-bond donors (Lipinski definition) is 0. The maximum absolute atomic E-state index is 13.2. The smallest absolute Gasteiger partial charge is 0.265 e. The molecule has 8 heteroatoms. The summed E-state index contributed by atoms with van der Waals surface area (Å²) in [5.41, 5.74) is 0.638. The summed E-state index contributed by atoms with van der Waals surface area (Å²) < 4.78 is 79.1. The molecule has 0 fully saturated rings. The van der Waals surface area contributed by atoms with Gasteiger partial charge in [0.25, 0.3) is 0 Å². The summed E-state index contributed by atoms with van der Waals surface area (Å²) in [6.45, 7) is 0. The molecule has 4 aromatic rings. The van der Waals surface area contributed by atoms with Gasteiger partial charge in [0.05, 0.1) is 22.8 Å². The van der Waals surface area contributed by atoms with Crippen LogP contribution in [0.4, 0.5) is 26.3 Å². The van der Waals surface area contributed by atoms with E-state index in [1.54, 1.807) is 18.5 Å². The Bertz CT molecular complexity index is 1400. The van der Waals surface area contributed by atoms with Crippen LogP contribution in [0.2, 0.25) is 0 Å². The van der Waals surface area contributed by atoms with Gasteiger partial charge in [-0.05, 0) is 69.8 Å². The lowest BCUT2D eigenvalue weighted by Crippen LogP contribution is -2.11. The van der Waals surface area contributed by atoms with E-state index in [1.165, 1.54) is 24.3 Å². The molecule has 0 aliphatic heterocycles. The van der Waals surface area contributed by atoms with Crippen LogP contribution in [0.25, 0.3) is 33.9 Å². The van der Waals surface area contributed by atoms with Gasteiger partial charge in [-0.15, -0.1) is 0 Å². The van der Waals surface area contributed by atoms with Gasteiger partial charge in [-0.1, -0.05) is 48.5 Å². The van der Waals surface area contributed by atoms with Crippen LogP contribution in [-0.4, -0.2) is 4.98 Å². The van der Waals surface area contributed by atoms with Gasteiger partial charge in [-0.2, -0.15) is 31.6 Å². The Kier molecular flexibility index (Phi) is 6.67. The number of nitrogens with zero attached hydrogens (tertiary/aromatic N) is 2. The first-order chi connectivity index (χ1) is 17.0. The lowest BCUT2D eigenvalue weighted by molar-refractivity contribution is -0.143. The number of hydrogen-bond acceptors (Lipinski definition) is 2. The van der Waals surface area contributed by atoms with Crippen molar-refractivity contribution in [1.29, 1.82) is 5.26 Å². The molecule has 0 saturated carbocycles. The van der Waals surface area contributed by atoms with Gasteiger partial charge in [0.15, 0.2) is 0 Å². The Labute approximate surface area is 202 Å². The van der Waals surface area contributed by atoms with Crippen molar-refractivity contribution in [2.24, 2.45) is 0 Å². The van der Waals surface area contributed by atoms with E-state index in [0.29, 0.717) is 23.3 Å². The van der Waals surface area contributed by atoms with Crippen molar-refractivity contribution in [3.63, 3.8) is 0 Å². The minimum Gasteiger partial charge on any atom is -0.265 e. The minimum absolute atomic E-state index is 0.0916. The van der Waals surface area contributed by atoms with Crippen LogP contribution < -0.4 is 0 Å². The van der Waals surface area contributed by atoms with Crippen LogP contribution in [0, 0.1) is 11.3 Å². The van der Waals surface area contributed by atoms with Crippen LogP contribution in [0.3, 0.4) is 0 Å². The summed E-state index contributed by atoms with van der Waals surface area (Å²) in [4.78, 5) is 3.98. The number of alkyl halides is 6. The quantitative estimate of drug-likeness (QED) is 0.162. The van der Waals surface area contributed by atoms with Gasteiger partial charge >= 0.3 is 12.4 Å². The SMILES string of the molecule is N#C/C(=C/c1ccc(-c2ccncc2)cc1)c1ccc(-c2cc(C(F)(F)F)cc(C(F)(F)F)c2)cc1. The number of halogens is 6. The van der Waals surface area contributed by atoms with Crippen molar-refractivity contribution in [2.75, 3.05) is 0 Å². The molecule has 2 nitrogen and oxygen atoms in total. The molecule has 0 aliphatic carbocycles. The number of aromatic nitrogens is 1. The van der Waals surface area contributed by atoms with E-state index in [0.717, 1.165) is 16.7 Å². The van der Waals surface area contributed by atoms with E-state index in [-0.39, 0.29) is 17.2 Å². The molecule has 0 bridgehead atoms. The van der Waals surface area contributed by atoms with Crippen molar-refractivity contribution < 1.29 is 26.3 Å². The van der Waals surface area contributed by atoms with E-state index in [4.69, 9.17) is 0 Å². The Balaban J connectivity index is 1.64. The molecule has 0 unspecified atom stereocenters. The average molecular weight is 494 g/mol. The second-order valence-corrected chi connectivity index (χ2v) is 7.90. The molecular formula is C28H16F6N2. The Morgan fingerprint density at radius 2 is 1.11 bits per heavy atom. The minimum atomic E-state index is -4.93. The summed E-state index contributed by atoms with van der Waals surface area (Å²) in [6.07, 6.45) is -4.84. The average Bonchev–Trinajstić information content (AvgIpc) is 2.87. The standard InChI is InChI=1S/C28H16F6N2/c29-27(30,31)25-14-23(15-26(16-25)28(32,33)34)20-5-7-21(8-6-20)24(17-35)13-18-1-3-19(4-2-18)22-9-11-36-12-10-22/h1-16H/b24-13-. The fourth-order valence-electron chi connectivity index (χ4n) is 3.63. The highest BCUT2D eigenvalue weighted by Crippen LogP contribution is 2.38. The summed E-state index contributed by atoms with van der Waals surface area (Å²) in [5, 5.41) is 9.64. The van der Waals surface area contributed by atoms with E-state index >= 15 is 0 Å². The highest BCUT2D eigenvalue weighted by atomic mass is 19.4. The van der Waals surface area contributed by atoms with Crippen molar-refractivity contribution >= 4 is 11.6 Å². The molecule has 1 heterocycles. The van der Waals surface area contributed by atoms with Gasteiger partial charge < -0.3 is 0 Å². The van der Waals surface area contributed by atoms with Crippen molar-refractivity contribution in [3.8, 4) is 28.3 Å². The number of allylic oxidation sites excluding steroid dienone is 1. The molecule has 0 radical (unpaired) electrons. The highest BCUT2D eigenvalue weighted by molar-refractivity contribution is 5.90. The van der Waals surface area contributed by atoms with Crippen LogP contribution in [0.1, 0.15) is 22.3 Å². The van der Waals surface area contributed by atoms with Crippen molar-refractivity contribution in [3.05, 3.63) is 114 Å². The normalized spacial score (nSPS) is 12.3. The fourth-order valence-corrected chi connectivity index (χ4v) is 3.63. The lowest BCUT2D eigenvalue weighted by atomic mass is 9.96. The van der Waals surface area contributed by atoms with E-state index in [1.807, 2.05) is 36.4 Å². The molecule has 0 amide bonds. The van der Waals surface area contributed by atoms with Gasteiger partial charge in [-0.3, -0.25) is 4.98 Å². The van der Waals surface area contributed by atoms with Crippen LogP contribution >= 0.6 is 0 Å². The Morgan fingerprint density at radius 1 is 0.639 bits per heavy atom. The molecule has 0 spiro atoms. The Hall–Kier alpha value is -4.38. The molecule has 180 valence electrons. The molecule has 1 aromatic heterocycles. The maximum atomic E-state index is 13.2. The first-order valence-corrected chi connectivity index (χ1v) is 10.6. The first-order valence-electron chi connectivity index (χ1n) is 10.6. The van der Waals surface area contributed by atoms with Crippen LogP contribution in [-0.2, 0) is 12.4 Å². The third kappa shape index (κ3) is 5.63. The third-order valence-corrected chi connectivity index (χ3v) is 5.47. The zero-order valence-electron chi connectivity index (χ0n) is 18.4. The topological polar surface area (TPSA) is 36.7 Å². The lowest BCUT2D eigenvalue weighted by Gasteiger charge is -2.14. The number of pyridine rings is 1. The first kappa shape index (κ1) is 24.7. The molecule has 0 atom stereocenters.